The molecule has 0 radical (unpaired) electrons. The Kier molecular flexibility index (Phi) is 5.52. The van der Waals surface area contributed by atoms with E-state index in [1.807, 2.05) is 34.9 Å². The highest BCUT2D eigenvalue weighted by molar-refractivity contribution is 6.08. The second-order valence-electron chi connectivity index (χ2n) is 7.89. The van der Waals surface area contributed by atoms with Crippen LogP contribution < -0.4 is 10.5 Å². The molecule has 3 aliphatic rings. The van der Waals surface area contributed by atoms with Crippen molar-refractivity contribution in [3.05, 3.63) is 54.1 Å². The smallest absolute Gasteiger partial charge is 0.237 e. The third-order valence-corrected chi connectivity index (χ3v) is 6.17. The van der Waals surface area contributed by atoms with Crippen LogP contribution in [0.15, 0.2) is 54.1 Å². The molecule has 0 saturated carbocycles. The van der Waals surface area contributed by atoms with E-state index in [2.05, 4.69) is 23.1 Å². The molecule has 0 unspecified atom stereocenters. The van der Waals surface area contributed by atoms with Gasteiger partial charge in [0.15, 0.2) is 0 Å². The molecule has 3 fully saturated rings. The zero-order chi connectivity index (χ0) is 19.1. The molecular formula is C23H26ClN3O2. The van der Waals surface area contributed by atoms with Gasteiger partial charge < -0.3 is 15.0 Å². The van der Waals surface area contributed by atoms with E-state index in [-0.39, 0.29) is 24.9 Å². The first kappa shape index (κ1) is 19.8. The third-order valence-electron chi connectivity index (χ3n) is 6.17. The summed E-state index contributed by atoms with van der Waals surface area (Å²) in [4.78, 5) is 14.1. The first-order valence-electron chi connectivity index (χ1n) is 10.0. The minimum absolute atomic E-state index is 0. The van der Waals surface area contributed by atoms with E-state index in [0.29, 0.717) is 6.61 Å². The van der Waals surface area contributed by atoms with Crippen LogP contribution in [0, 0.1) is 5.92 Å². The number of carbonyl (C=O) groups is 1. The highest BCUT2D eigenvalue weighted by atomic mass is 35.5. The Hall–Kier alpha value is -2.50. The number of hydrogen-bond acceptors (Lipinski definition) is 3. The molecule has 2 aromatic carbocycles. The lowest BCUT2D eigenvalue weighted by atomic mass is 9.84. The van der Waals surface area contributed by atoms with Gasteiger partial charge in [0.2, 0.25) is 5.91 Å². The van der Waals surface area contributed by atoms with Crippen molar-refractivity contribution in [3.63, 3.8) is 0 Å². The molecule has 1 aromatic heterocycles. The number of halogens is 1. The minimum Gasteiger partial charge on any atom is -0.489 e. The van der Waals surface area contributed by atoms with Gasteiger partial charge in [0.25, 0.3) is 0 Å². The standard InChI is InChI=1S/C23H25N3O2.ClH/c24-23(27)15-26-21-4-2-1-3-19(21)20-6-5-18(13-22(20)26)28-12-9-17-14-25-10-7-16(17)8-11-25;/h1-6,9,13,16H,7-8,10-12,14-15H2,(H2,24,27);1H/b17-9+;. The number of nitrogens with two attached hydrogens (primary N) is 1. The van der Waals surface area contributed by atoms with Gasteiger partial charge in [0.1, 0.15) is 18.9 Å². The molecule has 3 aliphatic heterocycles. The van der Waals surface area contributed by atoms with Gasteiger partial charge in [-0.3, -0.25) is 9.69 Å². The number of carbonyl (C=O) groups excluding carboxylic acids is 1. The molecule has 3 aromatic rings. The number of benzene rings is 2. The Morgan fingerprint density at radius 3 is 2.59 bits per heavy atom. The summed E-state index contributed by atoms with van der Waals surface area (Å²) in [7, 11) is 0. The van der Waals surface area contributed by atoms with E-state index < -0.39 is 0 Å². The van der Waals surface area contributed by atoms with E-state index in [1.165, 1.54) is 31.5 Å². The van der Waals surface area contributed by atoms with Crippen LogP contribution in [0.4, 0.5) is 0 Å². The quantitative estimate of drug-likeness (QED) is 0.651. The number of amides is 1. The summed E-state index contributed by atoms with van der Waals surface area (Å²) in [5.41, 5.74) is 9.02. The predicted octanol–water partition coefficient (Wildman–Crippen LogP) is 3.73. The van der Waals surface area contributed by atoms with Crippen molar-refractivity contribution in [1.82, 2.24) is 9.47 Å². The Labute approximate surface area is 176 Å². The van der Waals surface area contributed by atoms with Crippen molar-refractivity contribution in [1.29, 1.82) is 0 Å². The number of fused-ring (bicyclic) bond motifs is 6. The average molecular weight is 412 g/mol. The second-order valence-corrected chi connectivity index (χ2v) is 7.89. The maximum absolute atomic E-state index is 11.6. The van der Waals surface area contributed by atoms with Crippen LogP contribution in [0.3, 0.4) is 0 Å². The molecule has 6 rings (SSSR count). The molecule has 0 spiro atoms. The SMILES string of the molecule is Cl.NC(=O)Cn1c2ccccc2c2ccc(OC/C=C3\CN4CCC3CC4)cc21. The molecule has 152 valence electrons. The number of piperidine rings is 3. The Balaban J connectivity index is 0.00000205. The van der Waals surface area contributed by atoms with Crippen molar-refractivity contribution >= 4 is 40.1 Å². The molecule has 5 nitrogen and oxygen atoms in total. The van der Waals surface area contributed by atoms with E-state index in [1.54, 1.807) is 0 Å². The summed E-state index contributed by atoms with van der Waals surface area (Å²) in [6, 6.07) is 14.2. The van der Waals surface area contributed by atoms with Gasteiger partial charge in [0, 0.05) is 28.9 Å². The fourth-order valence-electron chi connectivity index (χ4n) is 4.77. The number of nitrogens with zero attached hydrogens (tertiary/aromatic N) is 2. The van der Waals surface area contributed by atoms with Crippen LogP contribution in [-0.2, 0) is 11.3 Å². The van der Waals surface area contributed by atoms with Crippen LogP contribution in [0.5, 0.6) is 5.75 Å². The van der Waals surface area contributed by atoms with E-state index in [0.717, 1.165) is 40.0 Å². The van der Waals surface area contributed by atoms with E-state index in [9.17, 15) is 4.79 Å². The number of ether oxygens (including phenoxy) is 1. The first-order valence-corrected chi connectivity index (χ1v) is 10.0. The third kappa shape index (κ3) is 3.72. The van der Waals surface area contributed by atoms with Crippen LogP contribution in [0.1, 0.15) is 12.8 Å². The largest absolute Gasteiger partial charge is 0.489 e. The molecule has 3 saturated heterocycles. The number of hydrogen-bond donors (Lipinski definition) is 1. The Morgan fingerprint density at radius 1 is 1.10 bits per heavy atom. The summed E-state index contributed by atoms with van der Waals surface area (Å²) >= 11 is 0. The minimum atomic E-state index is -0.346. The molecule has 2 N–H and O–H groups in total. The van der Waals surface area contributed by atoms with E-state index in [4.69, 9.17) is 10.5 Å². The van der Waals surface area contributed by atoms with Crippen molar-refractivity contribution in [3.8, 4) is 5.75 Å². The normalized spacial score (nSPS) is 22.1. The summed E-state index contributed by atoms with van der Waals surface area (Å²) in [5, 5.41) is 2.24. The molecule has 0 atom stereocenters. The lowest BCUT2D eigenvalue weighted by molar-refractivity contribution is -0.118. The van der Waals surface area contributed by atoms with Crippen LogP contribution in [-0.4, -0.2) is 41.6 Å². The van der Waals surface area contributed by atoms with Gasteiger partial charge in [-0.05, 0) is 56.1 Å². The Bertz CT molecular complexity index is 1080. The monoisotopic (exact) mass is 411 g/mol. The van der Waals surface area contributed by atoms with Crippen LogP contribution in [0.2, 0.25) is 0 Å². The molecule has 2 bridgehead atoms. The number of primary amides is 1. The van der Waals surface area contributed by atoms with Gasteiger partial charge >= 0.3 is 0 Å². The first-order chi connectivity index (χ1) is 13.7. The highest BCUT2D eigenvalue weighted by Crippen LogP contribution is 2.33. The zero-order valence-electron chi connectivity index (χ0n) is 16.3. The van der Waals surface area contributed by atoms with E-state index >= 15 is 0 Å². The summed E-state index contributed by atoms with van der Waals surface area (Å²) in [6.45, 7) is 4.32. The molecular weight excluding hydrogens is 386 g/mol. The van der Waals surface area contributed by atoms with Gasteiger partial charge in [0.05, 0.1) is 5.52 Å². The number of para-hydroxylation sites is 1. The van der Waals surface area contributed by atoms with Gasteiger partial charge in [-0.1, -0.05) is 23.8 Å². The van der Waals surface area contributed by atoms with Crippen LogP contribution >= 0.6 is 12.4 Å². The van der Waals surface area contributed by atoms with Gasteiger partial charge in [-0.25, -0.2) is 0 Å². The van der Waals surface area contributed by atoms with Crippen molar-refractivity contribution in [2.45, 2.75) is 19.4 Å². The number of aromatic nitrogens is 1. The molecule has 1 amide bonds. The zero-order valence-corrected chi connectivity index (χ0v) is 17.2. The van der Waals surface area contributed by atoms with Crippen LogP contribution in [0.25, 0.3) is 21.8 Å². The number of rotatable bonds is 5. The average Bonchev–Trinajstić information content (AvgIpc) is 3.02. The maximum Gasteiger partial charge on any atom is 0.237 e. The predicted molar refractivity (Wildman–Crippen MR) is 119 cm³/mol. The topological polar surface area (TPSA) is 60.5 Å². The van der Waals surface area contributed by atoms with Gasteiger partial charge in [-0.15, -0.1) is 12.4 Å². The van der Waals surface area contributed by atoms with Crippen molar-refractivity contribution < 1.29 is 9.53 Å². The molecule has 4 heterocycles. The Morgan fingerprint density at radius 2 is 1.86 bits per heavy atom. The maximum atomic E-state index is 11.6. The summed E-state index contributed by atoms with van der Waals surface area (Å²) in [6.07, 6.45) is 4.83. The van der Waals surface area contributed by atoms with Crippen molar-refractivity contribution in [2.75, 3.05) is 26.2 Å². The summed E-state index contributed by atoms with van der Waals surface area (Å²) in [5.74, 6) is 1.22. The highest BCUT2D eigenvalue weighted by Gasteiger charge is 2.28. The van der Waals surface area contributed by atoms with Gasteiger partial charge in [-0.2, -0.15) is 0 Å². The lowest BCUT2D eigenvalue weighted by Crippen LogP contribution is -2.43. The fraction of sp³-hybridized carbons (Fsp3) is 0.348. The van der Waals surface area contributed by atoms with Crippen molar-refractivity contribution in [2.24, 2.45) is 11.7 Å². The second kappa shape index (κ2) is 8.09. The lowest BCUT2D eigenvalue weighted by Gasteiger charge is -2.41. The molecule has 0 aliphatic carbocycles. The molecule has 29 heavy (non-hydrogen) atoms. The fourth-order valence-corrected chi connectivity index (χ4v) is 4.77. The molecule has 6 heteroatoms. The summed E-state index contributed by atoms with van der Waals surface area (Å²) < 4.78 is 8.03.